The Morgan fingerprint density at radius 1 is 1.18 bits per heavy atom. The number of nitrogens with zero attached hydrogens (tertiary/aromatic N) is 2. The quantitative estimate of drug-likeness (QED) is 0.942. The van der Waals surface area contributed by atoms with Gasteiger partial charge in [-0.25, -0.2) is 0 Å². The molecule has 4 nitrogen and oxygen atoms in total. The molecule has 2 heterocycles. The van der Waals surface area contributed by atoms with Crippen molar-refractivity contribution < 1.29 is 9.90 Å². The van der Waals surface area contributed by atoms with Gasteiger partial charge in [-0.05, 0) is 37.0 Å². The summed E-state index contributed by atoms with van der Waals surface area (Å²) in [5.41, 5.74) is 1.27. The van der Waals surface area contributed by atoms with Crippen LogP contribution < -0.4 is 0 Å². The van der Waals surface area contributed by atoms with E-state index in [0.717, 1.165) is 18.4 Å². The van der Waals surface area contributed by atoms with Crippen molar-refractivity contribution in [1.29, 1.82) is 0 Å². The van der Waals surface area contributed by atoms with Crippen molar-refractivity contribution in [3.8, 4) is 0 Å². The smallest absolute Gasteiger partial charge is 0.254 e. The Bertz CT molecular complexity index is 630. The Balaban J connectivity index is 1.88. The molecule has 1 saturated heterocycles. The van der Waals surface area contributed by atoms with E-state index < -0.39 is 5.54 Å². The Hall–Kier alpha value is -2.20. The van der Waals surface area contributed by atoms with E-state index in [0.29, 0.717) is 18.5 Å². The van der Waals surface area contributed by atoms with Gasteiger partial charge in [0.05, 0.1) is 12.1 Å². The first-order valence-electron chi connectivity index (χ1n) is 7.62. The number of carbonyl (C=O) groups excluding carboxylic acids is 1. The number of amides is 1. The van der Waals surface area contributed by atoms with Gasteiger partial charge >= 0.3 is 0 Å². The number of rotatable bonds is 4. The van der Waals surface area contributed by atoms with Crippen LogP contribution in [0, 0.1) is 0 Å². The lowest BCUT2D eigenvalue weighted by atomic mass is 9.88. The van der Waals surface area contributed by atoms with Crippen LogP contribution in [0.3, 0.4) is 0 Å². The third-order valence-corrected chi connectivity index (χ3v) is 4.44. The highest BCUT2D eigenvalue weighted by Crippen LogP contribution is 2.33. The van der Waals surface area contributed by atoms with Gasteiger partial charge in [0.2, 0.25) is 0 Å². The van der Waals surface area contributed by atoms with Crippen LogP contribution in [-0.4, -0.2) is 39.6 Å². The molecule has 114 valence electrons. The molecule has 3 rings (SSSR count). The fourth-order valence-electron chi connectivity index (χ4n) is 3.29. The van der Waals surface area contributed by atoms with E-state index in [1.165, 1.54) is 0 Å². The average Bonchev–Trinajstić information content (AvgIpc) is 3.00. The minimum atomic E-state index is -0.498. The molecular formula is C18H20N2O2. The van der Waals surface area contributed by atoms with Gasteiger partial charge in [0, 0.05) is 24.5 Å². The van der Waals surface area contributed by atoms with E-state index >= 15 is 0 Å². The first kappa shape index (κ1) is 14.7. The molecule has 1 aliphatic heterocycles. The molecule has 1 aromatic heterocycles. The summed E-state index contributed by atoms with van der Waals surface area (Å²) in [6, 6.07) is 13.5. The van der Waals surface area contributed by atoms with Gasteiger partial charge in [-0.2, -0.15) is 0 Å². The summed E-state index contributed by atoms with van der Waals surface area (Å²) in [6.45, 7) is 0.674. The largest absolute Gasteiger partial charge is 0.394 e. The van der Waals surface area contributed by atoms with Gasteiger partial charge < -0.3 is 10.0 Å². The van der Waals surface area contributed by atoms with Gasteiger partial charge in [0.1, 0.15) is 0 Å². The minimum Gasteiger partial charge on any atom is -0.394 e. The number of hydrogen-bond acceptors (Lipinski definition) is 3. The zero-order chi connectivity index (χ0) is 15.4. The average molecular weight is 296 g/mol. The Morgan fingerprint density at radius 2 is 1.91 bits per heavy atom. The van der Waals surface area contributed by atoms with Crippen molar-refractivity contribution in [2.24, 2.45) is 0 Å². The topological polar surface area (TPSA) is 53.4 Å². The van der Waals surface area contributed by atoms with Crippen LogP contribution in [0.15, 0.2) is 54.9 Å². The Morgan fingerprint density at radius 3 is 2.59 bits per heavy atom. The summed E-state index contributed by atoms with van der Waals surface area (Å²) in [6.07, 6.45) is 5.68. The number of aliphatic hydroxyl groups is 1. The zero-order valence-corrected chi connectivity index (χ0v) is 12.5. The van der Waals surface area contributed by atoms with Gasteiger partial charge in [-0.1, -0.05) is 30.3 Å². The SMILES string of the molecule is O=C(c1ccncc1)N1CCC[C@@]1(CO)Cc1ccccc1. The van der Waals surface area contributed by atoms with Gasteiger partial charge in [-0.3, -0.25) is 9.78 Å². The molecule has 1 atom stereocenters. The Labute approximate surface area is 130 Å². The van der Waals surface area contributed by atoms with Crippen molar-refractivity contribution in [3.05, 3.63) is 66.0 Å². The molecule has 22 heavy (non-hydrogen) atoms. The van der Waals surface area contributed by atoms with Crippen LogP contribution in [0.5, 0.6) is 0 Å². The number of benzene rings is 1. The van der Waals surface area contributed by atoms with E-state index in [4.69, 9.17) is 0 Å². The third kappa shape index (κ3) is 2.74. The number of pyridine rings is 1. The second kappa shape index (κ2) is 6.28. The van der Waals surface area contributed by atoms with Crippen LogP contribution in [0.25, 0.3) is 0 Å². The first-order chi connectivity index (χ1) is 10.7. The van der Waals surface area contributed by atoms with Crippen LogP contribution >= 0.6 is 0 Å². The lowest BCUT2D eigenvalue weighted by Gasteiger charge is -2.37. The van der Waals surface area contributed by atoms with Crippen LogP contribution in [0.4, 0.5) is 0 Å². The molecule has 1 aliphatic rings. The van der Waals surface area contributed by atoms with Crippen molar-refractivity contribution in [2.75, 3.05) is 13.2 Å². The molecule has 0 aliphatic carbocycles. The number of likely N-dealkylation sites (tertiary alicyclic amines) is 1. The maximum absolute atomic E-state index is 12.8. The first-order valence-corrected chi connectivity index (χ1v) is 7.62. The molecule has 2 aromatic rings. The van der Waals surface area contributed by atoms with Gasteiger partial charge in [-0.15, -0.1) is 0 Å². The molecule has 4 heteroatoms. The van der Waals surface area contributed by atoms with Gasteiger partial charge in [0.25, 0.3) is 5.91 Å². The molecule has 0 saturated carbocycles. The van der Waals surface area contributed by atoms with E-state index in [1.807, 2.05) is 35.2 Å². The lowest BCUT2D eigenvalue weighted by Crippen LogP contribution is -2.51. The second-order valence-electron chi connectivity index (χ2n) is 5.84. The molecule has 0 radical (unpaired) electrons. The van der Waals surface area contributed by atoms with E-state index in [9.17, 15) is 9.90 Å². The van der Waals surface area contributed by atoms with Gasteiger partial charge in [0.15, 0.2) is 0 Å². The minimum absolute atomic E-state index is 0.0152. The zero-order valence-electron chi connectivity index (χ0n) is 12.5. The predicted octanol–water partition coefficient (Wildman–Crippen LogP) is 2.29. The Kier molecular flexibility index (Phi) is 4.20. The molecule has 0 bridgehead atoms. The van der Waals surface area contributed by atoms with Crippen LogP contribution in [0.1, 0.15) is 28.8 Å². The van der Waals surface area contributed by atoms with Crippen molar-refractivity contribution in [2.45, 2.75) is 24.8 Å². The summed E-state index contributed by atoms with van der Waals surface area (Å²) < 4.78 is 0. The summed E-state index contributed by atoms with van der Waals surface area (Å²) in [4.78, 5) is 18.6. The molecular weight excluding hydrogens is 276 g/mol. The maximum atomic E-state index is 12.8. The van der Waals surface area contributed by atoms with Crippen molar-refractivity contribution >= 4 is 5.91 Å². The molecule has 1 fully saturated rings. The monoisotopic (exact) mass is 296 g/mol. The summed E-state index contributed by atoms with van der Waals surface area (Å²) >= 11 is 0. The predicted molar refractivity (Wildman–Crippen MR) is 84.5 cm³/mol. The molecule has 1 N–H and O–H groups in total. The molecule has 0 unspecified atom stereocenters. The number of aromatic nitrogens is 1. The van der Waals surface area contributed by atoms with E-state index in [-0.39, 0.29) is 12.5 Å². The van der Waals surface area contributed by atoms with Crippen molar-refractivity contribution in [1.82, 2.24) is 9.88 Å². The van der Waals surface area contributed by atoms with E-state index in [1.54, 1.807) is 24.5 Å². The fourth-order valence-corrected chi connectivity index (χ4v) is 3.29. The van der Waals surface area contributed by atoms with Crippen LogP contribution in [0.2, 0.25) is 0 Å². The number of hydrogen-bond donors (Lipinski definition) is 1. The van der Waals surface area contributed by atoms with Crippen molar-refractivity contribution in [3.63, 3.8) is 0 Å². The van der Waals surface area contributed by atoms with E-state index in [2.05, 4.69) is 4.98 Å². The maximum Gasteiger partial charge on any atom is 0.254 e. The molecule has 1 aromatic carbocycles. The normalized spacial score (nSPS) is 21.0. The number of carbonyl (C=O) groups is 1. The summed E-state index contributed by atoms with van der Waals surface area (Å²) in [5.74, 6) is -0.0233. The standard InChI is InChI=1S/C18H20N2O2/c21-14-18(13-15-5-2-1-3-6-15)9-4-12-20(18)17(22)16-7-10-19-11-8-16/h1-3,5-8,10-11,21H,4,9,12-14H2/t18-/m0/s1. The fraction of sp³-hybridized carbons (Fsp3) is 0.333. The van der Waals surface area contributed by atoms with Crippen LogP contribution in [-0.2, 0) is 6.42 Å². The highest BCUT2D eigenvalue weighted by Gasteiger charge is 2.43. The summed E-state index contributed by atoms with van der Waals surface area (Å²) in [7, 11) is 0. The highest BCUT2D eigenvalue weighted by atomic mass is 16.3. The third-order valence-electron chi connectivity index (χ3n) is 4.44. The molecule has 1 amide bonds. The number of aliphatic hydroxyl groups excluding tert-OH is 1. The second-order valence-corrected chi connectivity index (χ2v) is 5.84. The highest BCUT2D eigenvalue weighted by molar-refractivity contribution is 5.94. The molecule has 0 spiro atoms. The lowest BCUT2D eigenvalue weighted by molar-refractivity contribution is 0.0412. The summed E-state index contributed by atoms with van der Waals surface area (Å²) in [5, 5.41) is 10.0.